The number of benzene rings is 1. The van der Waals surface area contributed by atoms with Crippen molar-refractivity contribution in [2.24, 2.45) is 0 Å². The predicted octanol–water partition coefficient (Wildman–Crippen LogP) is 1.51. The number of carboxylic acid groups (broad SMARTS) is 1. The summed E-state index contributed by atoms with van der Waals surface area (Å²) < 4.78 is 32.6. The molecular formula is C17H24N2O6S. The first-order chi connectivity index (χ1) is 12.1. The molecule has 0 saturated heterocycles. The summed E-state index contributed by atoms with van der Waals surface area (Å²) >= 11 is 0. The highest BCUT2D eigenvalue weighted by molar-refractivity contribution is 7.89. The molecule has 144 valence electrons. The lowest BCUT2D eigenvalue weighted by Crippen LogP contribution is -2.54. The van der Waals surface area contributed by atoms with E-state index < -0.39 is 27.4 Å². The Bertz CT molecular complexity index is 799. The number of carbonyl (C=O) groups excluding carboxylic acids is 1. The Labute approximate surface area is 153 Å². The minimum absolute atomic E-state index is 0.124. The highest BCUT2D eigenvalue weighted by Crippen LogP contribution is 2.35. The van der Waals surface area contributed by atoms with E-state index in [9.17, 15) is 18.0 Å². The molecule has 0 heterocycles. The molecule has 1 aliphatic rings. The van der Waals surface area contributed by atoms with Gasteiger partial charge < -0.3 is 15.2 Å². The summed E-state index contributed by atoms with van der Waals surface area (Å²) in [5.41, 5.74) is -0.635. The molecule has 3 N–H and O–H groups in total. The summed E-state index contributed by atoms with van der Waals surface area (Å²) in [7, 11) is -2.51. The number of rotatable bonds is 8. The fourth-order valence-electron chi connectivity index (χ4n) is 2.95. The van der Waals surface area contributed by atoms with E-state index in [1.807, 2.05) is 0 Å². The third-order valence-electron chi connectivity index (χ3n) is 4.29. The summed E-state index contributed by atoms with van der Waals surface area (Å²) in [6.45, 7) is 3.37. The fraction of sp³-hybridized carbons (Fsp3) is 0.529. The molecule has 0 aliphatic heterocycles. The summed E-state index contributed by atoms with van der Waals surface area (Å²) in [5.74, 6) is -1.36. The van der Waals surface area contributed by atoms with Gasteiger partial charge in [-0.3, -0.25) is 9.59 Å². The number of carboxylic acids is 1. The van der Waals surface area contributed by atoms with Gasteiger partial charge in [0.05, 0.1) is 19.1 Å². The molecule has 0 unspecified atom stereocenters. The first kappa shape index (κ1) is 20.2. The van der Waals surface area contributed by atoms with E-state index >= 15 is 0 Å². The molecule has 2 rings (SSSR count). The van der Waals surface area contributed by atoms with Gasteiger partial charge in [-0.25, -0.2) is 13.1 Å². The zero-order valence-corrected chi connectivity index (χ0v) is 15.9. The van der Waals surface area contributed by atoms with Crippen LogP contribution in [0.2, 0.25) is 0 Å². The standard InChI is InChI=1S/C17H24N2O6S/c1-11(2)19-26(23,24)14-9-12(5-6-13(14)25-3)16(22)18-17(7-4-8-17)10-15(20)21/h5-6,9,11,19H,4,7-8,10H2,1-3H3,(H,18,22)(H,20,21). The quantitative estimate of drug-likeness (QED) is 0.624. The van der Waals surface area contributed by atoms with Gasteiger partial charge in [0.15, 0.2) is 0 Å². The highest BCUT2D eigenvalue weighted by Gasteiger charge is 2.40. The molecule has 1 aliphatic carbocycles. The van der Waals surface area contributed by atoms with E-state index in [1.54, 1.807) is 13.8 Å². The van der Waals surface area contributed by atoms with Crippen molar-refractivity contribution >= 4 is 21.9 Å². The van der Waals surface area contributed by atoms with Crippen LogP contribution in [0.4, 0.5) is 0 Å². The Morgan fingerprint density at radius 3 is 2.42 bits per heavy atom. The normalized spacial score (nSPS) is 16.0. The zero-order valence-electron chi connectivity index (χ0n) is 15.0. The molecule has 0 atom stereocenters. The van der Waals surface area contributed by atoms with Crippen LogP contribution in [0, 0.1) is 0 Å². The first-order valence-corrected chi connectivity index (χ1v) is 9.81. The average Bonchev–Trinajstić information content (AvgIpc) is 2.50. The maximum absolute atomic E-state index is 12.6. The molecule has 1 aromatic rings. The van der Waals surface area contributed by atoms with Crippen molar-refractivity contribution in [2.75, 3.05) is 7.11 Å². The number of nitrogens with one attached hydrogen (secondary N) is 2. The second-order valence-corrected chi connectivity index (χ2v) is 8.48. The molecule has 1 amide bonds. The third kappa shape index (κ3) is 4.53. The molecule has 9 heteroatoms. The van der Waals surface area contributed by atoms with E-state index in [1.165, 1.54) is 25.3 Å². The van der Waals surface area contributed by atoms with Crippen molar-refractivity contribution in [3.8, 4) is 5.75 Å². The Hall–Kier alpha value is -2.13. The van der Waals surface area contributed by atoms with Crippen LogP contribution in [-0.4, -0.2) is 44.1 Å². The number of hydrogen-bond donors (Lipinski definition) is 3. The third-order valence-corrected chi connectivity index (χ3v) is 5.96. The highest BCUT2D eigenvalue weighted by atomic mass is 32.2. The molecular weight excluding hydrogens is 360 g/mol. The minimum Gasteiger partial charge on any atom is -0.495 e. The minimum atomic E-state index is -3.86. The van der Waals surface area contributed by atoms with Gasteiger partial charge in [-0.05, 0) is 51.3 Å². The Balaban J connectivity index is 2.31. The Morgan fingerprint density at radius 2 is 1.96 bits per heavy atom. The van der Waals surface area contributed by atoms with Crippen LogP contribution >= 0.6 is 0 Å². The van der Waals surface area contributed by atoms with Crippen LogP contribution in [-0.2, 0) is 14.8 Å². The maximum Gasteiger partial charge on any atom is 0.305 e. The van der Waals surface area contributed by atoms with Gasteiger partial charge in [-0.15, -0.1) is 0 Å². The van der Waals surface area contributed by atoms with E-state index in [2.05, 4.69) is 10.0 Å². The second kappa shape index (κ2) is 7.63. The van der Waals surface area contributed by atoms with Crippen molar-refractivity contribution in [1.82, 2.24) is 10.0 Å². The van der Waals surface area contributed by atoms with Crippen LogP contribution in [0.3, 0.4) is 0 Å². The van der Waals surface area contributed by atoms with Crippen LogP contribution in [0.1, 0.15) is 49.9 Å². The van der Waals surface area contributed by atoms with Crippen molar-refractivity contribution < 1.29 is 27.9 Å². The number of methoxy groups -OCH3 is 1. The number of carbonyl (C=O) groups is 2. The molecule has 1 aromatic carbocycles. The Morgan fingerprint density at radius 1 is 1.31 bits per heavy atom. The number of aliphatic carboxylic acids is 1. The molecule has 0 aromatic heterocycles. The van der Waals surface area contributed by atoms with Gasteiger partial charge in [0.1, 0.15) is 10.6 Å². The molecule has 26 heavy (non-hydrogen) atoms. The van der Waals surface area contributed by atoms with Crippen LogP contribution in [0.25, 0.3) is 0 Å². The van der Waals surface area contributed by atoms with E-state index in [-0.39, 0.29) is 28.7 Å². The summed E-state index contributed by atoms with van der Waals surface area (Å²) in [4.78, 5) is 23.5. The number of amides is 1. The van der Waals surface area contributed by atoms with Crippen molar-refractivity contribution in [3.05, 3.63) is 23.8 Å². The van der Waals surface area contributed by atoms with Crippen LogP contribution in [0.15, 0.2) is 23.1 Å². The maximum atomic E-state index is 12.6. The molecule has 0 radical (unpaired) electrons. The van der Waals surface area contributed by atoms with Gasteiger partial charge >= 0.3 is 5.97 Å². The molecule has 1 saturated carbocycles. The first-order valence-electron chi connectivity index (χ1n) is 8.33. The molecule has 8 nitrogen and oxygen atoms in total. The van der Waals surface area contributed by atoms with Crippen molar-refractivity contribution in [3.63, 3.8) is 0 Å². The van der Waals surface area contributed by atoms with Gasteiger partial charge in [0, 0.05) is 11.6 Å². The van der Waals surface area contributed by atoms with Gasteiger partial charge in [0.2, 0.25) is 10.0 Å². The van der Waals surface area contributed by atoms with E-state index in [4.69, 9.17) is 9.84 Å². The van der Waals surface area contributed by atoms with Gasteiger partial charge in [-0.2, -0.15) is 0 Å². The largest absolute Gasteiger partial charge is 0.495 e. The summed E-state index contributed by atoms with van der Waals surface area (Å²) in [5, 5.41) is 11.8. The van der Waals surface area contributed by atoms with Crippen molar-refractivity contribution in [1.29, 1.82) is 0 Å². The Kier molecular flexibility index (Phi) is 5.92. The smallest absolute Gasteiger partial charge is 0.305 e. The van der Waals surface area contributed by atoms with Gasteiger partial charge in [-0.1, -0.05) is 0 Å². The molecule has 1 fully saturated rings. The number of ether oxygens (including phenoxy) is 1. The second-order valence-electron chi connectivity index (χ2n) is 6.80. The number of sulfonamides is 1. The number of hydrogen-bond acceptors (Lipinski definition) is 5. The van der Waals surface area contributed by atoms with E-state index in [0.717, 1.165) is 6.42 Å². The monoisotopic (exact) mass is 384 g/mol. The molecule has 0 spiro atoms. The topological polar surface area (TPSA) is 122 Å². The predicted molar refractivity (Wildman–Crippen MR) is 94.8 cm³/mol. The SMILES string of the molecule is COc1ccc(C(=O)NC2(CC(=O)O)CCC2)cc1S(=O)(=O)NC(C)C. The lowest BCUT2D eigenvalue weighted by atomic mass is 9.74. The lowest BCUT2D eigenvalue weighted by Gasteiger charge is -2.41. The lowest BCUT2D eigenvalue weighted by molar-refractivity contribution is -0.139. The summed E-state index contributed by atoms with van der Waals surface area (Å²) in [6.07, 6.45) is 1.85. The van der Waals surface area contributed by atoms with Crippen LogP contribution < -0.4 is 14.8 Å². The zero-order chi connectivity index (χ0) is 19.5. The summed E-state index contributed by atoms with van der Waals surface area (Å²) in [6, 6.07) is 3.78. The molecule has 0 bridgehead atoms. The van der Waals surface area contributed by atoms with Crippen LogP contribution in [0.5, 0.6) is 5.75 Å². The van der Waals surface area contributed by atoms with E-state index in [0.29, 0.717) is 12.8 Å². The van der Waals surface area contributed by atoms with Gasteiger partial charge in [0.25, 0.3) is 5.91 Å². The fourth-order valence-corrected chi connectivity index (χ4v) is 4.40. The van der Waals surface area contributed by atoms with Crippen molar-refractivity contribution in [2.45, 2.75) is 56.0 Å². The average molecular weight is 384 g/mol.